The maximum absolute atomic E-state index is 12.5. The van der Waals surface area contributed by atoms with Crippen molar-refractivity contribution in [3.05, 3.63) is 0 Å². The van der Waals surface area contributed by atoms with Gasteiger partial charge in [0.2, 0.25) is 11.4 Å². The van der Waals surface area contributed by atoms with E-state index in [0.717, 1.165) is 0 Å². The Kier molecular flexibility index (Phi) is 4.94. The molecule has 0 saturated heterocycles. The van der Waals surface area contributed by atoms with Gasteiger partial charge in [-0.05, 0) is 13.3 Å². The summed E-state index contributed by atoms with van der Waals surface area (Å²) >= 11 is 0. The molecule has 0 spiro atoms. The van der Waals surface area contributed by atoms with Crippen molar-refractivity contribution < 1.29 is 27.9 Å². The fourth-order valence-electron chi connectivity index (χ4n) is 1.03. The molecule has 0 rings (SSSR count). The molecule has 0 aliphatic heterocycles. The molecule has 0 radical (unpaired) electrons. The van der Waals surface area contributed by atoms with Gasteiger partial charge in [-0.2, -0.15) is 13.2 Å². The minimum Gasteiger partial charge on any atom is -0.479 e. The van der Waals surface area contributed by atoms with Gasteiger partial charge in [0.05, 0.1) is 6.04 Å². The van der Waals surface area contributed by atoms with Crippen LogP contribution in [0.15, 0.2) is 0 Å². The average Bonchev–Trinajstić information content (AvgIpc) is 2.15. The lowest BCUT2D eigenvalue weighted by molar-refractivity contribution is -0.207. The normalized spacial score (nSPS) is 17.1. The molecule has 2 atom stereocenters. The van der Waals surface area contributed by atoms with Gasteiger partial charge in [0.25, 0.3) is 0 Å². The third kappa shape index (κ3) is 3.58. The summed E-state index contributed by atoms with van der Waals surface area (Å²) in [5.41, 5.74) is 1.98. The highest BCUT2D eigenvalue weighted by Crippen LogP contribution is 2.30. The molecule has 0 aromatic heterocycles. The van der Waals surface area contributed by atoms with E-state index in [4.69, 9.17) is 10.8 Å². The fourth-order valence-corrected chi connectivity index (χ4v) is 1.03. The number of nitrogens with two attached hydrogens (primary N) is 1. The fraction of sp³-hybridized carbons (Fsp3) is 0.778. The monoisotopic (exact) mass is 256 g/mol. The van der Waals surface area contributed by atoms with Crippen molar-refractivity contribution >= 4 is 11.9 Å². The molecule has 0 aliphatic carbocycles. The summed E-state index contributed by atoms with van der Waals surface area (Å²) in [6.07, 6.45) is -4.41. The van der Waals surface area contributed by atoms with Crippen LogP contribution in [0.1, 0.15) is 26.7 Å². The molecule has 0 aromatic rings. The second-order valence-corrected chi connectivity index (χ2v) is 3.81. The molecule has 100 valence electrons. The Hall–Kier alpha value is -1.31. The molecule has 0 aromatic carbocycles. The summed E-state index contributed by atoms with van der Waals surface area (Å²) < 4.78 is 37.6. The molecule has 1 amide bonds. The second kappa shape index (κ2) is 5.35. The molecular weight excluding hydrogens is 241 g/mol. The lowest BCUT2D eigenvalue weighted by Crippen LogP contribution is -2.64. The first-order valence-corrected chi connectivity index (χ1v) is 4.94. The van der Waals surface area contributed by atoms with E-state index < -0.39 is 29.6 Å². The summed E-state index contributed by atoms with van der Waals surface area (Å²) in [5, 5.41) is 9.98. The number of nitrogens with one attached hydrogen (secondary N) is 1. The zero-order valence-corrected chi connectivity index (χ0v) is 9.47. The van der Waals surface area contributed by atoms with Gasteiger partial charge in [0.15, 0.2) is 0 Å². The summed E-state index contributed by atoms with van der Waals surface area (Å²) in [6.45, 7) is 2.08. The number of rotatable bonds is 5. The second-order valence-electron chi connectivity index (χ2n) is 3.81. The predicted molar refractivity (Wildman–Crippen MR) is 53.1 cm³/mol. The Morgan fingerprint density at radius 3 is 2.18 bits per heavy atom. The highest BCUT2D eigenvalue weighted by Gasteiger charge is 2.58. The van der Waals surface area contributed by atoms with Crippen LogP contribution in [-0.4, -0.2) is 34.7 Å². The van der Waals surface area contributed by atoms with Gasteiger partial charge >= 0.3 is 12.1 Å². The smallest absolute Gasteiger partial charge is 0.422 e. The van der Waals surface area contributed by atoms with Crippen LogP contribution < -0.4 is 11.1 Å². The van der Waals surface area contributed by atoms with Crippen molar-refractivity contribution in [2.45, 2.75) is 44.4 Å². The minimum absolute atomic E-state index is 0.180. The third-order valence-corrected chi connectivity index (χ3v) is 2.30. The highest BCUT2D eigenvalue weighted by molar-refractivity contribution is 5.89. The van der Waals surface area contributed by atoms with E-state index in [2.05, 4.69) is 0 Å². The molecule has 0 bridgehead atoms. The van der Waals surface area contributed by atoms with Crippen LogP contribution in [0.5, 0.6) is 0 Å². The number of hydrogen-bond acceptors (Lipinski definition) is 3. The van der Waals surface area contributed by atoms with Crippen molar-refractivity contribution in [3.63, 3.8) is 0 Å². The Morgan fingerprint density at radius 2 is 1.88 bits per heavy atom. The van der Waals surface area contributed by atoms with E-state index in [1.165, 1.54) is 5.32 Å². The number of hydrogen-bond donors (Lipinski definition) is 3. The van der Waals surface area contributed by atoms with Crippen molar-refractivity contribution in [1.29, 1.82) is 0 Å². The highest BCUT2D eigenvalue weighted by atomic mass is 19.4. The van der Waals surface area contributed by atoms with Crippen LogP contribution in [0, 0.1) is 0 Å². The van der Waals surface area contributed by atoms with E-state index in [1.54, 1.807) is 6.92 Å². The van der Waals surface area contributed by atoms with E-state index in [9.17, 15) is 22.8 Å². The number of amides is 1. The number of carbonyl (C=O) groups is 2. The zero-order valence-electron chi connectivity index (χ0n) is 9.47. The van der Waals surface area contributed by atoms with Crippen LogP contribution >= 0.6 is 0 Å². The number of carboxylic acids is 1. The Bertz CT molecular complexity index is 306. The van der Waals surface area contributed by atoms with Crippen molar-refractivity contribution in [3.8, 4) is 0 Å². The van der Waals surface area contributed by atoms with Gasteiger partial charge in [-0.15, -0.1) is 0 Å². The predicted octanol–water partition coefficient (Wildman–Crippen LogP) is 0.636. The first kappa shape index (κ1) is 15.7. The summed E-state index contributed by atoms with van der Waals surface area (Å²) in [4.78, 5) is 21.9. The Labute approximate surface area is 96.2 Å². The molecule has 8 heteroatoms. The first-order valence-electron chi connectivity index (χ1n) is 4.94. The zero-order chi connectivity index (χ0) is 13.9. The molecule has 0 heterocycles. The van der Waals surface area contributed by atoms with E-state index in [-0.39, 0.29) is 6.42 Å². The lowest BCUT2D eigenvalue weighted by atomic mass is 10.0. The van der Waals surface area contributed by atoms with Gasteiger partial charge < -0.3 is 16.2 Å². The molecule has 0 saturated carbocycles. The van der Waals surface area contributed by atoms with Crippen LogP contribution in [-0.2, 0) is 9.59 Å². The van der Waals surface area contributed by atoms with Gasteiger partial charge in [0, 0.05) is 0 Å². The maximum atomic E-state index is 12.5. The average molecular weight is 256 g/mol. The first-order chi connectivity index (χ1) is 7.56. The van der Waals surface area contributed by atoms with Gasteiger partial charge in [-0.1, -0.05) is 13.3 Å². The SMILES string of the molecule is CCC[C@H](N)C(=O)NC(C)(C(=O)O)C(F)(F)F. The number of carbonyl (C=O) groups excluding carboxylic acids is 1. The molecule has 1 unspecified atom stereocenters. The standard InChI is InChI=1S/C9H15F3N2O3/c1-3-4-5(13)6(15)14-8(2,7(16)17)9(10,11)12/h5H,3-4,13H2,1-2H3,(H,14,15)(H,16,17)/t5-,8?/m0/s1. The molecule has 5 nitrogen and oxygen atoms in total. The third-order valence-electron chi connectivity index (χ3n) is 2.30. The topological polar surface area (TPSA) is 92.4 Å². The Morgan fingerprint density at radius 1 is 1.41 bits per heavy atom. The van der Waals surface area contributed by atoms with Crippen molar-refractivity contribution in [2.75, 3.05) is 0 Å². The Balaban J connectivity index is 4.92. The van der Waals surface area contributed by atoms with Gasteiger partial charge in [0.1, 0.15) is 0 Å². The van der Waals surface area contributed by atoms with Crippen LogP contribution in [0.4, 0.5) is 13.2 Å². The van der Waals surface area contributed by atoms with Gasteiger partial charge in [-0.25, -0.2) is 4.79 Å². The van der Waals surface area contributed by atoms with E-state index >= 15 is 0 Å². The largest absolute Gasteiger partial charge is 0.479 e. The van der Waals surface area contributed by atoms with E-state index in [1.807, 2.05) is 0 Å². The van der Waals surface area contributed by atoms with Crippen LogP contribution in [0.2, 0.25) is 0 Å². The molecule has 0 aliphatic rings. The number of aliphatic carboxylic acids is 1. The minimum atomic E-state index is -5.10. The number of alkyl halides is 3. The maximum Gasteiger partial charge on any atom is 0.422 e. The number of carboxylic acid groups (broad SMARTS) is 1. The summed E-state index contributed by atoms with van der Waals surface area (Å²) in [5.74, 6) is -3.31. The van der Waals surface area contributed by atoms with E-state index in [0.29, 0.717) is 13.3 Å². The molecular formula is C9H15F3N2O3. The van der Waals surface area contributed by atoms with Crippen LogP contribution in [0.3, 0.4) is 0 Å². The summed E-state index contributed by atoms with van der Waals surface area (Å²) in [7, 11) is 0. The van der Waals surface area contributed by atoms with Crippen molar-refractivity contribution in [2.24, 2.45) is 5.73 Å². The van der Waals surface area contributed by atoms with Gasteiger partial charge in [-0.3, -0.25) is 4.79 Å². The summed E-state index contributed by atoms with van der Waals surface area (Å²) in [6, 6.07) is -1.15. The van der Waals surface area contributed by atoms with Crippen LogP contribution in [0.25, 0.3) is 0 Å². The molecule has 4 N–H and O–H groups in total. The number of halogens is 3. The molecule has 17 heavy (non-hydrogen) atoms. The van der Waals surface area contributed by atoms with Crippen molar-refractivity contribution in [1.82, 2.24) is 5.32 Å². The quantitative estimate of drug-likeness (QED) is 0.672. The molecule has 0 fully saturated rings. The lowest BCUT2D eigenvalue weighted by Gasteiger charge is -2.29.